The second-order valence-corrected chi connectivity index (χ2v) is 5.44. The molecule has 0 saturated carbocycles. The van der Waals surface area contributed by atoms with Crippen molar-refractivity contribution in [3.63, 3.8) is 0 Å². The van der Waals surface area contributed by atoms with Gasteiger partial charge in [0.25, 0.3) is 0 Å². The number of fused-ring (bicyclic) bond motifs is 1. The molecule has 2 aromatic rings. The van der Waals surface area contributed by atoms with E-state index in [0.29, 0.717) is 12.1 Å². The highest BCUT2D eigenvalue weighted by Crippen LogP contribution is 2.32. The van der Waals surface area contributed by atoms with E-state index in [4.69, 9.17) is 0 Å². The summed E-state index contributed by atoms with van der Waals surface area (Å²) in [7, 11) is 0. The Morgan fingerprint density at radius 2 is 1.95 bits per heavy atom. The molecule has 0 aromatic heterocycles. The molecule has 0 bridgehead atoms. The van der Waals surface area contributed by atoms with Gasteiger partial charge in [-0.2, -0.15) is 0 Å². The summed E-state index contributed by atoms with van der Waals surface area (Å²) in [6, 6.07) is 15.6. The van der Waals surface area contributed by atoms with E-state index < -0.39 is 0 Å². The van der Waals surface area contributed by atoms with Gasteiger partial charge in [-0.15, -0.1) is 0 Å². The summed E-state index contributed by atoms with van der Waals surface area (Å²) in [6.45, 7) is 2.31. The van der Waals surface area contributed by atoms with Crippen LogP contribution in [-0.4, -0.2) is 23.4 Å². The third-order valence-corrected chi connectivity index (χ3v) is 4.04. The number of carbonyl (C=O) groups is 1. The van der Waals surface area contributed by atoms with E-state index in [2.05, 4.69) is 11.2 Å². The number of amides is 1. The second-order valence-electron chi connectivity index (χ2n) is 5.44. The SMILES string of the molecule is CC(=O)N1CCc2cccc(C/C(=N/O)c3ccccc3)c21. The molecule has 1 amide bonds. The summed E-state index contributed by atoms with van der Waals surface area (Å²) in [4.78, 5) is 13.6. The first-order chi connectivity index (χ1) is 10.7. The van der Waals surface area contributed by atoms with Gasteiger partial charge in [0.2, 0.25) is 5.91 Å². The summed E-state index contributed by atoms with van der Waals surface area (Å²) in [5.41, 5.74) is 4.66. The lowest BCUT2D eigenvalue weighted by Gasteiger charge is -2.19. The smallest absolute Gasteiger partial charge is 0.223 e. The van der Waals surface area contributed by atoms with Gasteiger partial charge >= 0.3 is 0 Å². The monoisotopic (exact) mass is 294 g/mol. The van der Waals surface area contributed by atoms with Gasteiger partial charge in [0.05, 0.1) is 11.4 Å². The Balaban J connectivity index is 1.97. The van der Waals surface area contributed by atoms with Crippen molar-refractivity contribution in [3.05, 3.63) is 65.2 Å². The van der Waals surface area contributed by atoms with Crippen LogP contribution < -0.4 is 4.90 Å². The van der Waals surface area contributed by atoms with E-state index in [0.717, 1.165) is 29.8 Å². The molecule has 2 aromatic carbocycles. The van der Waals surface area contributed by atoms with Crippen molar-refractivity contribution < 1.29 is 10.0 Å². The number of nitrogens with zero attached hydrogens (tertiary/aromatic N) is 2. The van der Waals surface area contributed by atoms with Gasteiger partial charge in [-0.3, -0.25) is 4.79 Å². The Hall–Kier alpha value is -2.62. The van der Waals surface area contributed by atoms with Crippen LogP contribution in [0, 0.1) is 0 Å². The van der Waals surface area contributed by atoms with Gasteiger partial charge in [0.1, 0.15) is 0 Å². The van der Waals surface area contributed by atoms with Crippen molar-refractivity contribution in [2.24, 2.45) is 5.16 Å². The van der Waals surface area contributed by atoms with Crippen LogP contribution >= 0.6 is 0 Å². The number of anilines is 1. The molecule has 4 heteroatoms. The zero-order chi connectivity index (χ0) is 15.5. The normalized spacial score (nSPS) is 14.0. The maximum absolute atomic E-state index is 11.8. The fourth-order valence-electron chi connectivity index (χ4n) is 3.00. The minimum atomic E-state index is 0.0494. The Kier molecular flexibility index (Phi) is 3.92. The van der Waals surface area contributed by atoms with Crippen LogP contribution in [0.3, 0.4) is 0 Å². The van der Waals surface area contributed by atoms with Gasteiger partial charge in [-0.05, 0) is 23.1 Å². The molecule has 1 aliphatic rings. The molecule has 0 spiro atoms. The van der Waals surface area contributed by atoms with Gasteiger partial charge in [0, 0.05) is 19.9 Å². The lowest BCUT2D eigenvalue weighted by Crippen LogP contribution is -2.27. The van der Waals surface area contributed by atoms with Crippen molar-refractivity contribution in [1.82, 2.24) is 0 Å². The van der Waals surface area contributed by atoms with E-state index in [1.807, 2.05) is 47.4 Å². The Morgan fingerprint density at radius 1 is 1.18 bits per heavy atom. The molecule has 3 rings (SSSR count). The van der Waals surface area contributed by atoms with E-state index >= 15 is 0 Å². The van der Waals surface area contributed by atoms with E-state index in [9.17, 15) is 10.0 Å². The van der Waals surface area contributed by atoms with Gasteiger partial charge in [-0.25, -0.2) is 0 Å². The molecule has 0 unspecified atom stereocenters. The molecule has 0 atom stereocenters. The van der Waals surface area contributed by atoms with Crippen molar-refractivity contribution in [2.75, 3.05) is 11.4 Å². The molecule has 0 saturated heterocycles. The summed E-state index contributed by atoms with van der Waals surface area (Å²) in [5.74, 6) is 0.0494. The van der Waals surface area contributed by atoms with Crippen molar-refractivity contribution in [1.29, 1.82) is 0 Å². The van der Waals surface area contributed by atoms with Crippen LogP contribution in [0.2, 0.25) is 0 Å². The summed E-state index contributed by atoms with van der Waals surface area (Å²) in [5, 5.41) is 12.8. The molecule has 0 radical (unpaired) electrons. The maximum atomic E-state index is 11.8. The minimum absolute atomic E-state index is 0.0494. The lowest BCUT2D eigenvalue weighted by atomic mass is 9.98. The molecule has 112 valence electrons. The fourth-order valence-corrected chi connectivity index (χ4v) is 3.00. The van der Waals surface area contributed by atoms with Crippen LogP contribution in [-0.2, 0) is 17.6 Å². The molecule has 0 fully saturated rings. The van der Waals surface area contributed by atoms with Gasteiger partial charge in [-0.1, -0.05) is 53.7 Å². The summed E-state index contributed by atoms with van der Waals surface area (Å²) in [6.07, 6.45) is 1.37. The zero-order valence-electron chi connectivity index (χ0n) is 12.5. The quantitative estimate of drug-likeness (QED) is 0.537. The van der Waals surface area contributed by atoms with Crippen LogP contribution in [0.4, 0.5) is 5.69 Å². The molecular formula is C18H18N2O2. The average Bonchev–Trinajstić information content (AvgIpc) is 2.98. The molecular weight excluding hydrogens is 276 g/mol. The number of benzene rings is 2. The van der Waals surface area contributed by atoms with Crippen LogP contribution in [0.15, 0.2) is 53.7 Å². The van der Waals surface area contributed by atoms with Crippen molar-refractivity contribution in [3.8, 4) is 0 Å². The first-order valence-corrected chi connectivity index (χ1v) is 7.36. The summed E-state index contributed by atoms with van der Waals surface area (Å²) >= 11 is 0. The summed E-state index contributed by atoms with van der Waals surface area (Å²) < 4.78 is 0. The van der Waals surface area contributed by atoms with E-state index in [1.54, 1.807) is 6.92 Å². The maximum Gasteiger partial charge on any atom is 0.223 e. The van der Waals surface area contributed by atoms with Crippen LogP contribution in [0.5, 0.6) is 0 Å². The average molecular weight is 294 g/mol. The number of hydrogen-bond donors (Lipinski definition) is 1. The Labute approximate surface area is 129 Å². The highest BCUT2D eigenvalue weighted by atomic mass is 16.4. The second kappa shape index (κ2) is 6.02. The van der Waals surface area contributed by atoms with Crippen molar-refractivity contribution in [2.45, 2.75) is 19.8 Å². The van der Waals surface area contributed by atoms with Crippen LogP contribution in [0.25, 0.3) is 0 Å². The predicted molar refractivity (Wildman–Crippen MR) is 86.6 cm³/mol. The zero-order valence-corrected chi connectivity index (χ0v) is 12.5. The number of oxime groups is 1. The van der Waals surface area contributed by atoms with Crippen molar-refractivity contribution >= 4 is 17.3 Å². The largest absolute Gasteiger partial charge is 0.411 e. The molecule has 0 aliphatic carbocycles. The van der Waals surface area contributed by atoms with Gasteiger partial charge < -0.3 is 10.1 Å². The standard InChI is InChI=1S/C18H18N2O2/c1-13(21)20-11-10-15-8-5-9-16(18(15)20)12-17(19-22)14-6-3-2-4-7-14/h2-9,22H,10-12H2,1H3/b19-17-. The topological polar surface area (TPSA) is 52.9 Å². The fraction of sp³-hybridized carbons (Fsp3) is 0.222. The third-order valence-electron chi connectivity index (χ3n) is 4.04. The first-order valence-electron chi connectivity index (χ1n) is 7.36. The first kappa shape index (κ1) is 14.3. The molecule has 22 heavy (non-hydrogen) atoms. The molecule has 1 aliphatic heterocycles. The number of hydrogen-bond acceptors (Lipinski definition) is 3. The lowest BCUT2D eigenvalue weighted by molar-refractivity contribution is -0.116. The highest BCUT2D eigenvalue weighted by Gasteiger charge is 2.25. The molecule has 1 N–H and O–H groups in total. The van der Waals surface area contributed by atoms with Gasteiger partial charge in [0.15, 0.2) is 0 Å². The van der Waals surface area contributed by atoms with Crippen LogP contribution in [0.1, 0.15) is 23.6 Å². The van der Waals surface area contributed by atoms with E-state index in [1.165, 1.54) is 5.56 Å². The number of rotatable bonds is 3. The number of para-hydroxylation sites is 1. The molecule has 4 nitrogen and oxygen atoms in total. The van der Waals surface area contributed by atoms with E-state index in [-0.39, 0.29) is 5.91 Å². The number of carbonyl (C=O) groups excluding carboxylic acids is 1. The Bertz CT molecular complexity index is 723. The third kappa shape index (κ3) is 2.60. The highest BCUT2D eigenvalue weighted by molar-refractivity contribution is 6.03. The molecule has 1 heterocycles. The predicted octanol–water partition coefficient (Wildman–Crippen LogP) is 3.02. The Morgan fingerprint density at radius 3 is 2.64 bits per heavy atom. The minimum Gasteiger partial charge on any atom is -0.411 e.